The molecule has 1 N–H and O–H groups in total. The molecule has 0 amide bonds. The van der Waals surface area contributed by atoms with Crippen LogP contribution < -0.4 is 0 Å². The Kier molecular flexibility index (Phi) is 16.3. The van der Waals surface area contributed by atoms with Crippen LogP contribution in [0.25, 0.3) is 0 Å². The Morgan fingerprint density at radius 1 is 0.727 bits per heavy atom. The Bertz CT molecular complexity index is 273. The normalized spacial score (nSPS) is 13.5. The van der Waals surface area contributed by atoms with Gasteiger partial charge in [-0.1, -0.05) is 129 Å². The minimum Gasteiger partial charge on any atom is -0.304 e. The van der Waals surface area contributed by atoms with Gasteiger partial charge in [0.05, 0.1) is 0 Å². The zero-order chi connectivity index (χ0) is 16.7. The van der Waals surface area contributed by atoms with Crippen LogP contribution in [0.1, 0.15) is 103 Å². The van der Waals surface area contributed by atoms with E-state index in [9.17, 15) is 4.21 Å². The summed E-state index contributed by atoms with van der Waals surface area (Å²) in [4.78, 5) is 0. The fourth-order valence-electron chi connectivity index (χ4n) is 2.61. The molecule has 0 aliphatic heterocycles. The lowest BCUT2D eigenvalue weighted by Gasteiger charge is -2.15. The molecule has 0 aromatic rings. The molecule has 134 valence electrons. The summed E-state index contributed by atoms with van der Waals surface area (Å²) in [7, 11) is 0. The van der Waals surface area contributed by atoms with Crippen LogP contribution in [0.15, 0.2) is 0 Å². The Morgan fingerprint density at radius 3 is 1.36 bits per heavy atom. The van der Waals surface area contributed by atoms with Gasteiger partial charge in [0.2, 0.25) is 0 Å². The van der Waals surface area contributed by atoms with Crippen molar-refractivity contribution in [1.29, 1.82) is 0 Å². The molecular weight excluding hydrogens is 428 g/mol. The van der Waals surface area contributed by atoms with E-state index in [0.717, 1.165) is 12.8 Å². The van der Waals surface area contributed by atoms with E-state index in [1.807, 2.05) is 0 Å². The van der Waals surface area contributed by atoms with Gasteiger partial charge in [-0.25, -0.2) is 4.21 Å². The molecule has 1 unspecified atom stereocenters. The molecule has 0 bridgehead atoms. The van der Waals surface area contributed by atoms with Gasteiger partial charge < -0.3 is 4.55 Å². The van der Waals surface area contributed by atoms with Gasteiger partial charge in [-0.15, -0.1) is 0 Å². The predicted octanol–water partition coefficient (Wildman–Crippen LogP) is 7.52. The van der Waals surface area contributed by atoms with E-state index in [0.29, 0.717) is 6.42 Å². The van der Waals surface area contributed by atoms with E-state index in [1.165, 1.54) is 77.0 Å². The van der Waals surface area contributed by atoms with Crippen LogP contribution in [0.5, 0.6) is 0 Å². The zero-order valence-electron chi connectivity index (χ0n) is 14.1. The van der Waals surface area contributed by atoms with Crippen LogP contribution in [-0.2, 0) is 11.1 Å². The van der Waals surface area contributed by atoms with Crippen LogP contribution in [0, 0.1) is 0 Å². The van der Waals surface area contributed by atoms with Gasteiger partial charge in [-0.2, -0.15) is 0 Å². The smallest absolute Gasteiger partial charge is 0.181 e. The van der Waals surface area contributed by atoms with Crippen LogP contribution in [-0.4, -0.2) is 11.3 Å². The first-order valence-corrected chi connectivity index (χ1v) is 11.7. The van der Waals surface area contributed by atoms with Crippen LogP contribution in [0.2, 0.25) is 0 Å². The van der Waals surface area contributed by atoms with Gasteiger partial charge in [0.15, 0.2) is 13.6 Å². The average molecular weight is 462 g/mol. The lowest BCUT2D eigenvalue weighted by molar-refractivity contribution is 0.528. The molecule has 0 rings (SSSR count). The topological polar surface area (TPSA) is 37.3 Å². The largest absolute Gasteiger partial charge is 0.304 e. The summed E-state index contributed by atoms with van der Waals surface area (Å²) in [5, 5.41) is 0. The average Bonchev–Trinajstić information content (AvgIpc) is 2.47. The number of hydrogen-bond donors (Lipinski definition) is 1. The summed E-state index contributed by atoms with van der Waals surface area (Å²) in [6.45, 7) is 2.27. The maximum atomic E-state index is 11.0. The highest BCUT2D eigenvalue weighted by Gasteiger charge is 2.28. The molecule has 0 radical (unpaired) electrons. The van der Waals surface area contributed by atoms with Gasteiger partial charge in [-0.3, -0.25) is 0 Å². The highest BCUT2D eigenvalue weighted by atomic mass is 79.9. The Hall–Kier alpha value is 1.07. The molecule has 0 aromatic carbocycles. The Balaban J connectivity index is 3.16. The third-order valence-corrected chi connectivity index (χ3v) is 7.25. The van der Waals surface area contributed by atoms with Crippen molar-refractivity contribution in [3.63, 3.8) is 0 Å². The highest BCUT2D eigenvalue weighted by molar-refractivity contribution is 9.27. The number of rotatable bonds is 16. The van der Waals surface area contributed by atoms with Crippen LogP contribution in [0.4, 0.5) is 0 Å². The molecule has 2 nitrogen and oxygen atoms in total. The van der Waals surface area contributed by atoms with Crippen molar-refractivity contribution in [3.8, 4) is 0 Å². The second kappa shape index (κ2) is 15.6. The van der Waals surface area contributed by atoms with Crippen molar-refractivity contribution >= 4 is 42.9 Å². The summed E-state index contributed by atoms with van der Waals surface area (Å²) < 4.78 is 19.3. The summed E-state index contributed by atoms with van der Waals surface area (Å²) in [5.74, 6) is 0. The molecule has 5 heteroatoms. The van der Waals surface area contributed by atoms with Gasteiger partial charge >= 0.3 is 0 Å². The van der Waals surface area contributed by atoms with E-state index in [2.05, 4.69) is 38.8 Å². The fourth-order valence-corrected chi connectivity index (χ4v) is 3.49. The molecule has 0 aromatic heterocycles. The van der Waals surface area contributed by atoms with E-state index in [4.69, 9.17) is 4.55 Å². The van der Waals surface area contributed by atoms with E-state index < -0.39 is 13.6 Å². The third-order valence-electron chi connectivity index (χ3n) is 4.08. The van der Waals surface area contributed by atoms with Gasteiger partial charge in [0.1, 0.15) is 0 Å². The molecule has 0 spiro atoms. The summed E-state index contributed by atoms with van der Waals surface area (Å²) in [5.41, 5.74) is 0. The molecular formula is C17H34Br2O2S. The molecule has 1 atom stereocenters. The molecule has 0 saturated heterocycles. The minimum absolute atomic E-state index is 0.689. The number of unbranched alkanes of at least 4 members (excludes halogenated alkanes) is 13. The van der Waals surface area contributed by atoms with Crippen molar-refractivity contribution in [2.45, 2.75) is 106 Å². The molecule has 0 aliphatic rings. The van der Waals surface area contributed by atoms with Crippen molar-refractivity contribution in [1.82, 2.24) is 0 Å². The zero-order valence-corrected chi connectivity index (χ0v) is 18.1. The van der Waals surface area contributed by atoms with Gasteiger partial charge in [0, 0.05) is 0 Å². The quantitative estimate of drug-likeness (QED) is 0.146. The van der Waals surface area contributed by atoms with Crippen molar-refractivity contribution in [2.75, 3.05) is 0 Å². The molecule has 0 saturated carbocycles. The summed E-state index contributed by atoms with van der Waals surface area (Å²) in [6, 6.07) is 0. The summed E-state index contributed by atoms with van der Waals surface area (Å²) in [6.07, 6.45) is 19.3. The van der Waals surface area contributed by atoms with Crippen LogP contribution in [0.3, 0.4) is 0 Å². The maximum absolute atomic E-state index is 11.0. The number of hydrogen-bond acceptors (Lipinski definition) is 1. The number of halogens is 2. The summed E-state index contributed by atoms with van der Waals surface area (Å²) >= 11 is 4.64. The van der Waals surface area contributed by atoms with Crippen molar-refractivity contribution in [3.05, 3.63) is 0 Å². The van der Waals surface area contributed by atoms with Crippen molar-refractivity contribution < 1.29 is 8.76 Å². The first kappa shape index (κ1) is 23.1. The van der Waals surface area contributed by atoms with Crippen LogP contribution >= 0.6 is 31.9 Å². The van der Waals surface area contributed by atoms with E-state index in [1.54, 1.807) is 0 Å². The second-order valence-electron chi connectivity index (χ2n) is 6.23. The first-order valence-electron chi connectivity index (χ1n) is 8.99. The maximum Gasteiger partial charge on any atom is 0.181 e. The Morgan fingerprint density at radius 2 is 1.05 bits per heavy atom. The fraction of sp³-hybridized carbons (Fsp3) is 1.00. The minimum atomic E-state index is -1.86. The second-order valence-corrected chi connectivity index (χ2v) is 12.2. The monoisotopic (exact) mass is 460 g/mol. The lowest BCUT2D eigenvalue weighted by atomic mass is 10.0. The molecule has 0 aliphatic carbocycles. The molecule has 0 heterocycles. The van der Waals surface area contributed by atoms with E-state index >= 15 is 0 Å². The first-order chi connectivity index (χ1) is 10.5. The van der Waals surface area contributed by atoms with Crippen molar-refractivity contribution in [2.24, 2.45) is 0 Å². The SMILES string of the molecule is CCCCCCCCCCCCCCCCC(Br)(Br)S(=O)O. The lowest BCUT2D eigenvalue weighted by Crippen LogP contribution is -2.17. The predicted molar refractivity (Wildman–Crippen MR) is 106 cm³/mol. The number of alkyl halides is 2. The van der Waals surface area contributed by atoms with E-state index in [-0.39, 0.29) is 0 Å². The van der Waals surface area contributed by atoms with Gasteiger partial charge in [0.25, 0.3) is 0 Å². The van der Waals surface area contributed by atoms with Gasteiger partial charge in [-0.05, 0) is 6.42 Å². The Labute approximate surface area is 157 Å². The molecule has 22 heavy (non-hydrogen) atoms. The highest BCUT2D eigenvalue weighted by Crippen LogP contribution is 2.35. The standard InChI is InChI=1S/C17H34Br2O2S/c1-2-3-4-5-6-7-8-9-10-11-12-13-14-15-16-17(18,19)22(20)21/h2-16H2,1H3,(H,20,21). The molecule has 0 fully saturated rings. The third kappa shape index (κ3) is 14.6.